The Hall–Kier alpha value is -1.30. The largest absolute Gasteiger partial charge is 0.480 e. The highest BCUT2D eigenvalue weighted by Crippen LogP contribution is 2.16. The number of carbonyl (C=O) groups is 1. The van der Waals surface area contributed by atoms with Crippen molar-refractivity contribution in [1.82, 2.24) is 10.2 Å². The Kier molecular flexibility index (Phi) is 4.36. The predicted octanol–water partition coefficient (Wildman–Crippen LogP) is -0.591. The lowest BCUT2D eigenvalue weighted by Crippen LogP contribution is -2.32. The predicted molar refractivity (Wildman–Crippen MR) is 56.8 cm³/mol. The van der Waals surface area contributed by atoms with Crippen LogP contribution in [0.25, 0.3) is 0 Å². The minimum absolute atomic E-state index is 0.0317. The first-order chi connectivity index (χ1) is 7.11. The molecule has 6 nitrogen and oxygen atoms in total. The molecule has 0 aromatic heterocycles. The monoisotopic (exact) mass is 214 g/mol. The van der Waals surface area contributed by atoms with Gasteiger partial charge in [-0.25, -0.2) is 0 Å². The van der Waals surface area contributed by atoms with Crippen molar-refractivity contribution in [1.29, 1.82) is 5.41 Å². The molecule has 86 valence electrons. The SMILES string of the molecule is N=C(N)NCCCC[C@H](C(=O)O)N1CC1. The summed E-state index contributed by atoms with van der Waals surface area (Å²) in [6, 6.07) is -0.317. The number of nitrogens with zero attached hydrogens (tertiary/aromatic N) is 1. The normalized spacial score (nSPS) is 17.1. The van der Waals surface area contributed by atoms with Crippen LogP contribution in [0.4, 0.5) is 0 Å². The number of carboxylic acid groups (broad SMARTS) is 1. The average molecular weight is 214 g/mol. The minimum Gasteiger partial charge on any atom is -0.480 e. The summed E-state index contributed by atoms with van der Waals surface area (Å²) in [5.74, 6) is -0.761. The van der Waals surface area contributed by atoms with E-state index in [2.05, 4.69) is 5.32 Å². The summed E-state index contributed by atoms with van der Waals surface area (Å²) >= 11 is 0. The van der Waals surface area contributed by atoms with Crippen LogP contribution in [-0.4, -0.2) is 47.6 Å². The fourth-order valence-electron chi connectivity index (χ4n) is 1.52. The second kappa shape index (κ2) is 5.55. The van der Waals surface area contributed by atoms with Crippen LogP contribution in [0.3, 0.4) is 0 Å². The third-order valence-electron chi connectivity index (χ3n) is 2.43. The molecular formula is C9H18N4O2. The molecule has 1 aliphatic rings. The standard InChI is InChI=1S/C9H18N4O2/c10-9(11)12-4-2-1-3-7(8(14)15)13-5-6-13/h7H,1-6H2,(H,14,15)(H4,10,11,12)/t7-/m1/s1. The molecule has 0 aromatic carbocycles. The molecule has 1 atom stereocenters. The fraction of sp³-hybridized carbons (Fsp3) is 0.778. The number of nitrogens with two attached hydrogens (primary N) is 1. The molecule has 1 fully saturated rings. The molecule has 1 heterocycles. The molecule has 1 rings (SSSR count). The number of unbranched alkanes of at least 4 members (excludes halogenated alkanes) is 1. The molecular weight excluding hydrogens is 196 g/mol. The van der Waals surface area contributed by atoms with Gasteiger partial charge in [0.1, 0.15) is 6.04 Å². The number of rotatable bonds is 7. The van der Waals surface area contributed by atoms with Gasteiger partial charge in [-0.1, -0.05) is 0 Å². The number of nitrogens with one attached hydrogen (secondary N) is 2. The van der Waals surface area contributed by atoms with E-state index in [9.17, 15) is 4.79 Å². The van der Waals surface area contributed by atoms with Crippen LogP contribution in [0.1, 0.15) is 19.3 Å². The van der Waals surface area contributed by atoms with Crippen LogP contribution >= 0.6 is 0 Å². The van der Waals surface area contributed by atoms with Crippen LogP contribution in [0, 0.1) is 5.41 Å². The topological polar surface area (TPSA) is 102 Å². The Labute approximate surface area is 88.9 Å². The summed E-state index contributed by atoms with van der Waals surface area (Å²) in [5, 5.41) is 18.5. The summed E-state index contributed by atoms with van der Waals surface area (Å²) in [7, 11) is 0. The maximum Gasteiger partial charge on any atom is 0.320 e. The lowest BCUT2D eigenvalue weighted by atomic mass is 10.1. The van der Waals surface area contributed by atoms with Gasteiger partial charge in [0.15, 0.2) is 5.96 Å². The smallest absolute Gasteiger partial charge is 0.320 e. The zero-order valence-corrected chi connectivity index (χ0v) is 8.70. The molecule has 1 saturated heterocycles. The summed E-state index contributed by atoms with van der Waals surface area (Å²) in [6.07, 6.45) is 2.36. The van der Waals surface area contributed by atoms with Crippen LogP contribution in [0.15, 0.2) is 0 Å². The zero-order valence-electron chi connectivity index (χ0n) is 8.70. The van der Waals surface area contributed by atoms with Crippen molar-refractivity contribution >= 4 is 11.9 Å². The Morgan fingerprint density at radius 2 is 2.20 bits per heavy atom. The molecule has 1 aliphatic heterocycles. The summed E-state index contributed by atoms with van der Waals surface area (Å²) in [4.78, 5) is 12.8. The van der Waals surface area contributed by atoms with E-state index >= 15 is 0 Å². The van der Waals surface area contributed by atoms with E-state index in [4.69, 9.17) is 16.2 Å². The van der Waals surface area contributed by atoms with Gasteiger partial charge in [-0.2, -0.15) is 0 Å². The molecule has 5 N–H and O–H groups in total. The van der Waals surface area contributed by atoms with Gasteiger partial charge in [0.2, 0.25) is 0 Å². The highest BCUT2D eigenvalue weighted by molar-refractivity contribution is 5.74. The van der Waals surface area contributed by atoms with Crippen molar-refractivity contribution in [2.24, 2.45) is 5.73 Å². The van der Waals surface area contributed by atoms with Crippen LogP contribution in [-0.2, 0) is 4.79 Å². The first kappa shape index (κ1) is 11.8. The van der Waals surface area contributed by atoms with E-state index in [0.29, 0.717) is 13.0 Å². The molecule has 0 saturated carbocycles. The Bertz CT molecular complexity index is 240. The molecule has 0 radical (unpaired) electrons. The zero-order chi connectivity index (χ0) is 11.3. The first-order valence-corrected chi connectivity index (χ1v) is 5.16. The summed E-state index contributed by atoms with van der Waals surface area (Å²) in [6.45, 7) is 2.45. The van der Waals surface area contributed by atoms with Crippen molar-refractivity contribution in [2.45, 2.75) is 25.3 Å². The summed E-state index contributed by atoms with van der Waals surface area (Å²) < 4.78 is 0. The highest BCUT2D eigenvalue weighted by atomic mass is 16.4. The first-order valence-electron chi connectivity index (χ1n) is 5.16. The van der Waals surface area contributed by atoms with Crippen molar-refractivity contribution in [2.75, 3.05) is 19.6 Å². The van der Waals surface area contributed by atoms with Gasteiger partial charge >= 0.3 is 5.97 Å². The molecule has 15 heavy (non-hydrogen) atoms. The van der Waals surface area contributed by atoms with E-state index in [1.807, 2.05) is 4.90 Å². The van der Waals surface area contributed by atoms with Gasteiger partial charge in [0.05, 0.1) is 0 Å². The van der Waals surface area contributed by atoms with Crippen molar-refractivity contribution in [3.63, 3.8) is 0 Å². The molecule has 0 amide bonds. The molecule has 0 unspecified atom stereocenters. The maximum absolute atomic E-state index is 10.8. The average Bonchev–Trinajstić information content (AvgIpc) is 2.93. The second-order valence-electron chi connectivity index (χ2n) is 3.73. The summed E-state index contributed by atoms with van der Waals surface area (Å²) in [5.41, 5.74) is 5.11. The van der Waals surface area contributed by atoms with Crippen LogP contribution < -0.4 is 11.1 Å². The van der Waals surface area contributed by atoms with Crippen LogP contribution in [0.2, 0.25) is 0 Å². The third-order valence-corrected chi connectivity index (χ3v) is 2.43. The Balaban J connectivity index is 2.06. The number of aliphatic carboxylic acids is 1. The number of guanidine groups is 1. The van der Waals surface area contributed by atoms with Crippen molar-refractivity contribution in [3.05, 3.63) is 0 Å². The second-order valence-corrected chi connectivity index (χ2v) is 3.73. The Morgan fingerprint density at radius 1 is 1.53 bits per heavy atom. The van der Waals surface area contributed by atoms with Gasteiger partial charge in [0.25, 0.3) is 0 Å². The highest BCUT2D eigenvalue weighted by Gasteiger charge is 2.32. The molecule has 0 aliphatic carbocycles. The Morgan fingerprint density at radius 3 is 2.67 bits per heavy atom. The number of carboxylic acids is 1. The molecule has 0 aromatic rings. The van der Waals surface area contributed by atoms with Gasteiger partial charge in [-0.05, 0) is 19.3 Å². The van der Waals surface area contributed by atoms with E-state index in [0.717, 1.165) is 25.9 Å². The van der Waals surface area contributed by atoms with E-state index in [1.165, 1.54) is 0 Å². The molecule has 6 heteroatoms. The molecule has 0 bridgehead atoms. The van der Waals surface area contributed by atoms with Crippen molar-refractivity contribution in [3.8, 4) is 0 Å². The fourth-order valence-corrected chi connectivity index (χ4v) is 1.52. The minimum atomic E-state index is -0.730. The van der Waals surface area contributed by atoms with Gasteiger partial charge in [-0.3, -0.25) is 15.1 Å². The van der Waals surface area contributed by atoms with Crippen molar-refractivity contribution < 1.29 is 9.90 Å². The quantitative estimate of drug-likeness (QED) is 0.196. The maximum atomic E-state index is 10.8. The lowest BCUT2D eigenvalue weighted by Gasteiger charge is -2.12. The van der Waals surface area contributed by atoms with Gasteiger partial charge in [0, 0.05) is 19.6 Å². The lowest BCUT2D eigenvalue weighted by molar-refractivity contribution is -0.141. The van der Waals surface area contributed by atoms with E-state index in [-0.39, 0.29) is 12.0 Å². The van der Waals surface area contributed by atoms with Gasteiger partial charge < -0.3 is 16.2 Å². The third kappa shape index (κ3) is 4.64. The number of hydrogen-bond donors (Lipinski definition) is 4. The van der Waals surface area contributed by atoms with E-state index < -0.39 is 5.97 Å². The van der Waals surface area contributed by atoms with E-state index in [1.54, 1.807) is 0 Å². The number of hydrogen-bond acceptors (Lipinski definition) is 3. The molecule has 0 spiro atoms. The van der Waals surface area contributed by atoms with Gasteiger partial charge in [-0.15, -0.1) is 0 Å². The van der Waals surface area contributed by atoms with Crippen LogP contribution in [0.5, 0.6) is 0 Å².